The zero-order chi connectivity index (χ0) is 14.9. The Morgan fingerprint density at radius 2 is 2.05 bits per heavy atom. The first-order chi connectivity index (χ1) is 9.26. The lowest BCUT2D eigenvalue weighted by Crippen LogP contribution is -2.18. The number of halogens is 3. The fourth-order valence-corrected chi connectivity index (χ4v) is 2.24. The molecule has 1 aliphatic rings. The molecular weight excluding hydrogens is 360 g/mol. The van der Waals surface area contributed by atoms with E-state index in [4.69, 9.17) is 4.84 Å². The molecule has 1 aliphatic heterocycles. The highest BCUT2D eigenvalue weighted by atomic mass is 79.9. The molecule has 0 bridgehead atoms. The maximum absolute atomic E-state index is 13.4. The van der Waals surface area contributed by atoms with Gasteiger partial charge in [-0.15, -0.1) is 0 Å². The van der Waals surface area contributed by atoms with E-state index in [2.05, 4.69) is 25.3 Å². The van der Waals surface area contributed by atoms with Gasteiger partial charge in [0.15, 0.2) is 6.10 Å². The van der Waals surface area contributed by atoms with Crippen molar-refractivity contribution < 1.29 is 26.2 Å². The lowest BCUT2D eigenvalue weighted by atomic mass is 10.1. The van der Waals surface area contributed by atoms with Gasteiger partial charge >= 0.3 is 0 Å². The van der Waals surface area contributed by atoms with Gasteiger partial charge in [0.1, 0.15) is 18.2 Å². The van der Waals surface area contributed by atoms with Gasteiger partial charge in [0.25, 0.3) is 10.1 Å². The van der Waals surface area contributed by atoms with Crippen molar-refractivity contribution in [1.29, 1.82) is 0 Å². The Labute approximate surface area is 122 Å². The van der Waals surface area contributed by atoms with Crippen LogP contribution in [0.5, 0.6) is 0 Å². The summed E-state index contributed by atoms with van der Waals surface area (Å²) < 4.78 is 52.8. The zero-order valence-corrected chi connectivity index (χ0v) is 12.7. The normalized spacial score (nSPS) is 18.8. The minimum Gasteiger partial charge on any atom is -0.389 e. The summed E-state index contributed by atoms with van der Waals surface area (Å²) in [6.07, 6.45) is 0.522. The van der Waals surface area contributed by atoms with Crippen LogP contribution in [0, 0.1) is 11.6 Å². The van der Waals surface area contributed by atoms with Gasteiger partial charge in [0.2, 0.25) is 0 Å². The molecule has 2 rings (SSSR count). The molecule has 5 nitrogen and oxygen atoms in total. The molecule has 9 heteroatoms. The molecule has 1 heterocycles. The minimum absolute atomic E-state index is 0.201. The molecule has 0 aliphatic carbocycles. The third kappa shape index (κ3) is 3.74. The van der Waals surface area contributed by atoms with Gasteiger partial charge in [-0.3, -0.25) is 4.18 Å². The molecule has 20 heavy (non-hydrogen) atoms. The van der Waals surface area contributed by atoms with E-state index in [1.54, 1.807) is 0 Å². The van der Waals surface area contributed by atoms with E-state index in [-0.39, 0.29) is 23.1 Å². The zero-order valence-electron chi connectivity index (χ0n) is 10.3. The first-order valence-corrected chi connectivity index (χ1v) is 8.09. The van der Waals surface area contributed by atoms with Crippen LogP contribution in [0.2, 0.25) is 0 Å². The second-order valence-corrected chi connectivity index (χ2v) is 6.65. The van der Waals surface area contributed by atoms with Crippen molar-refractivity contribution in [3.63, 3.8) is 0 Å². The van der Waals surface area contributed by atoms with Gasteiger partial charge in [-0.05, 0) is 28.1 Å². The van der Waals surface area contributed by atoms with Gasteiger partial charge in [-0.2, -0.15) is 8.42 Å². The summed E-state index contributed by atoms with van der Waals surface area (Å²) in [6, 6.07) is 2.24. The number of hydrogen-bond acceptors (Lipinski definition) is 5. The Hall–Kier alpha value is -1.06. The minimum atomic E-state index is -3.57. The van der Waals surface area contributed by atoms with Crippen molar-refractivity contribution in [2.45, 2.75) is 12.5 Å². The van der Waals surface area contributed by atoms with Crippen molar-refractivity contribution >= 4 is 31.8 Å². The predicted molar refractivity (Wildman–Crippen MR) is 70.9 cm³/mol. The van der Waals surface area contributed by atoms with Crippen LogP contribution in [0.1, 0.15) is 12.0 Å². The monoisotopic (exact) mass is 369 g/mol. The van der Waals surface area contributed by atoms with Crippen molar-refractivity contribution in [2.24, 2.45) is 5.16 Å². The van der Waals surface area contributed by atoms with Gasteiger partial charge in [0, 0.05) is 12.0 Å². The average molecular weight is 370 g/mol. The lowest BCUT2D eigenvalue weighted by Gasteiger charge is -2.07. The van der Waals surface area contributed by atoms with Crippen LogP contribution in [0.25, 0.3) is 0 Å². The third-order valence-corrected chi connectivity index (χ3v) is 3.84. The Bertz CT molecular complexity index is 639. The number of rotatable bonds is 4. The molecule has 0 fully saturated rings. The number of hydrogen-bond donors (Lipinski definition) is 0. The molecule has 1 aromatic carbocycles. The summed E-state index contributed by atoms with van der Waals surface area (Å²) in [5.41, 5.74) is 0.572. The number of benzene rings is 1. The van der Waals surface area contributed by atoms with Crippen LogP contribution in [-0.2, 0) is 19.1 Å². The summed E-state index contributed by atoms with van der Waals surface area (Å²) in [7, 11) is -3.57. The molecule has 0 saturated carbocycles. The van der Waals surface area contributed by atoms with Crippen LogP contribution in [-0.4, -0.2) is 33.1 Å². The average Bonchev–Trinajstić information content (AvgIpc) is 2.81. The Kier molecular flexibility index (Phi) is 4.40. The Morgan fingerprint density at radius 1 is 1.45 bits per heavy atom. The van der Waals surface area contributed by atoms with Crippen molar-refractivity contribution in [3.8, 4) is 0 Å². The highest BCUT2D eigenvalue weighted by Crippen LogP contribution is 2.24. The quantitative estimate of drug-likeness (QED) is 0.602. The van der Waals surface area contributed by atoms with Gasteiger partial charge in [-0.1, -0.05) is 5.16 Å². The molecule has 110 valence electrons. The fraction of sp³-hybridized carbons (Fsp3) is 0.364. The molecule has 0 aromatic heterocycles. The van der Waals surface area contributed by atoms with E-state index >= 15 is 0 Å². The first kappa shape index (κ1) is 15.3. The second kappa shape index (κ2) is 5.74. The van der Waals surface area contributed by atoms with E-state index < -0.39 is 27.9 Å². The van der Waals surface area contributed by atoms with Crippen LogP contribution in [0.15, 0.2) is 21.8 Å². The summed E-state index contributed by atoms with van der Waals surface area (Å²) in [5, 5.41) is 3.69. The van der Waals surface area contributed by atoms with Gasteiger partial charge in [-0.25, -0.2) is 8.78 Å². The van der Waals surface area contributed by atoms with Gasteiger partial charge < -0.3 is 4.84 Å². The van der Waals surface area contributed by atoms with Crippen LogP contribution >= 0.6 is 15.9 Å². The number of oxime groups is 1. The Balaban J connectivity index is 2.06. The largest absolute Gasteiger partial charge is 0.389 e. The van der Waals surface area contributed by atoms with E-state index in [1.807, 2.05) is 0 Å². The molecule has 0 spiro atoms. The highest BCUT2D eigenvalue weighted by molar-refractivity contribution is 9.10. The smallest absolute Gasteiger partial charge is 0.264 e. The Morgan fingerprint density at radius 3 is 2.60 bits per heavy atom. The maximum atomic E-state index is 13.4. The first-order valence-electron chi connectivity index (χ1n) is 5.48. The molecule has 0 unspecified atom stereocenters. The lowest BCUT2D eigenvalue weighted by molar-refractivity contribution is 0.0493. The molecule has 0 N–H and O–H groups in total. The van der Waals surface area contributed by atoms with Crippen molar-refractivity contribution in [3.05, 3.63) is 33.8 Å². The molecular formula is C11H10BrF2NO4S. The predicted octanol–water partition coefficient (Wildman–Crippen LogP) is 2.20. The van der Waals surface area contributed by atoms with E-state index in [0.717, 1.165) is 18.4 Å². The molecule has 0 saturated heterocycles. The summed E-state index contributed by atoms with van der Waals surface area (Å²) in [6.45, 7) is -0.201. The van der Waals surface area contributed by atoms with Crippen molar-refractivity contribution in [1.82, 2.24) is 0 Å². The third-order valence-electron chi connectivity index (χ3n) is 2.52. The standard InChI is InChI=1S/C11H10BrF2NO4S/c1-20(16,17)18-5-7-4-10(15-19-7)6-2-8(13)11(12)9(14)3-6/h2-3,7H,4-5H2,1H3/t7-/m1/s1. The fourth-order valence-electron chi connectivity index (χ4n) is 1.61. The second-order valence-electron chi connectivity index (χ2n) is 4.21. The van der Waals surface area contributed by atoms with Crippen LogP contribution in [0.4, 0.5) is 8.78 Å². The van der Waals surface area contributed by atoms with Gasteiger partial charge in [0.05, 0.1) is 16.4 Å². The van der Waals surface area contributed by atoms with E-state index in [1.165, 1.54) is 0 Å². The van der Waals surface area contributed by atoms with E-state index in [9.17, 15) is 17.2 Å². The highest BCUT2D eigenvalue weighted by Gasteiger charge is 2.25. The molecule has 0 radical (unpaired) electrons. The maximum Gasteiger partial charge on any atom is 0.264 e. The number of nitrogens with zero attached hydrogens (tertiary/aromatic N) is 1. The molecule has 1 atom stereocenters. The van der Waals surface area contributed by atoms with E-state index in [0.29, 0.717) is 5.71 Å². The summed E-state index contributed by atoms with van der Waals surface area (Å²) in [4.78, 5) is 4.97. The summed E-state index contributed by atoms with van der Waals surface area (Å²) >= 11 is 2.77. The topological polar surface area (TPSA) is 65.0 Å². The van der Waals surface area contributed by atoms with Crippen LogP contribution in [0.3, 0.4) is 0 Å². The van der Waals surface area contributed by atoms with Crippen LogP contribution < -0.4 is 0 Å². The SMILES string of the molecule is CS(=O)(=O)OC[C@H]1CC(c2cc(F)c(Br)c(F)c2)=NO1. The summed E-state index contributed by atoms with van der Waals surface area (Å²) in [5.74, 6) is -1.50. The van der Waals surface area contributed by atoms with Crippen molar-refractivity contribution in [2.75, 3.05) is 12.9 Å². The molecule has 1 aromatic rings. The molecule has 0 amide bonds.